The number of hydrogen-bond donors (Lipinski definition) is 0. The van der Waals surface area contributed by atoms with Crippen LogP contribution in [-0.4, -0.2) is 14.2 Å². The van der Waals surface area contributed by atoms with Gasteiger partial charge in [0, 0.05) is 15.5 Å². The minimum absolute atomic E-state index is 0.000967. The normalized spacial score (nSPS) is 28.6. The predicted molar refractivity (Wildman–Crippen MR) is 83.8 cm³/mol. The van der Waals surface area contributed by atoms with Crippen LogP contribution in [0.25, 0.3) is 0 Å². The Morgan fingerprint density at radius 2 is 1.85 bits per heavy atom. The molecule has 2 rings (SSSR count). The van der Waals surface area contributed by atoms with Gasteiger partial charge in [-0.1, -0.05) is 30.3 Å². The molecule has 20 heavy (non-hydrogen) atoms. The predicted octanol–water partition coefficient (Wildman–Crippen LogP) is 4.01. The molecule has 1 aliphatic rings. The SMILES string of the molecule is CC(C)(C)S(=O)C1CC(c2ccccc2)CCC1C#N. The Hall–Kier alpha value is -1.14. The highest BCUT2D eigenvalue weighted by molar-refractivity contribution is 7.87. The topological polar surface area (TPSA) is 40.9 Å². The molecule has 0 heterocycles. The molecule has 0 saturated heterocycles. The van der Waals surface area contributed by atoms with Crippen LogP contribution >= 0.6 is 0 Å². The highest BCUT2D eigenvalue weighted by Crippen LogP contribution is 2.40. The van der Waals surface area contributed by atoms with Gasteiger partial charge in [-0.05, 0) is 51.5 Å². The largest absolute Gasteiger partial charge is 0.259 e. The molecule has 0 bridgehead atoms. The van der Waals surface area contributed by atoms with Crippen molar-refractivity contribution < 1.29 is 4.21 Å². The highest BCUT2D eigenvalue weighted by atomic mass is 32.2. The first kappa shape index (κ1) is 15.3. The van der Waals surface area contributed by atoms with Gasteiger partial charge in [0.25, 0.3) is 0 Å². The molecule has 4 atom stereocenters. The van der Waals surface area contributed by atoms with Crippen LogP contribution in [0.3, 0.4) is 0 Å². The van der Waals surface area contributed by atoms with E-state index in [1.165, 1.54) is 5.56 Å². The van der Waals surface area contributed by atoms with Gasteiger partial charge < -0.3 is 0 Å². The lowest BCUT2D eigenvalue weighted by atomic mass is 9.79. The average molecular weight is 289 g/mol. The minimum atomic E-state index is -0.971. The minimum Gasteiger partial charge on any atom is -0.259 e. The van der Waals surface area contributed by atoms with Crippen molar-refractivity contribution in [2.24, 2.45) is 5.92 Å². The molecule has 108 valence electrons. The molecule has 1 saturated carbocycles. The van der Waals surface area contributed by atoms with Crippen molar-refractivity contribution in [1.82, 2.24) is 0 Å². The van der Waals surface area contributed by atoms with Gasteiger partial charge in [0.05, 0.1) is 17.2 Å². The fraction of sp³-hybridized carbons (Fsp3) is 0.588. The maximum atomic E-state index is 12.7. The average Bonchev–Trinajstić information content (AvgIpc) is 2.45. The van der Waals surface area contributed by atoms with Crippen LogP contribution in [-0.2, 0) is 10.8 Å². The Morgan fingerprint density at radius 3 is 2.40 bits per heavy atom. The molecule has 0 N–H and O–H groups in total. The first-order chi connectivity index (χ1) is 9.43. The standard InChI is InChI=1S/C17H23NOS/c1-17(2,3)20(19)16-11-14(9-10-15(16)12-18)13-7-5-4-6-8-13/h4-8,14-16H,9-11H2,1-3H3. The third-order valence-corrected chi connectivity index (χ3v) is 6.39. The Labute approximate surface area is 124 Å². The van der Waals surface area contributed by atoms with Crippen LogP contribution < -0.4 is 0 Å². The van der Waals surface area contributed by atoms with Crippen molar-refractivity contribution in [2.45, 2.75) is 55.9 Å². The smallest absolute Gasteiger partial charge is 0.0668 e. The summed E-state index contributed by atoms with van der Waals surface area (Å²) in [5, 5.41) is 9.35. The van der Waals surface area contributed by atoms with Crippen molar-refractivity contribution in [3.05, 3.63) is 35.9 Å². The molecule has 2 nitrogen and oxygen atoms in total. The Bertz CT molecular complexity index is 512. The van der Waals surface area contributed by atoms with Gasteiger partial charge in [-0.3, -0.25) is 4.21 Å². The number of hydrogen-bond acceptors (Lipinski definition) is 2. The molecular weight excluding hydrogens is 266 g/mol. The van der Waals surface area contributed by atoms with E-state index in [4.69, 9.17) is 0 Å². The Balaban J connectivity index is 2.21. The van der Waals surface area contributed by atoms with E-state index in [-0.39, 0.29) is 15.9 Å². The fourth-order valence-electron chi connectivity index (χ4n) is 3.00. The number of nitrogens with zero attached hydrogens (tertiary/aromatic N) is 1. The molecule has 0 aromatic heterocycles. The fourth-order valence-corrected chi connectivity index (χ4v) is 4.81. The van der Waals surface area contributed by atoms with Gasteiger partial charge >= 0.3 is 0 Å². The maximum absolute atomic E-state index is 12.7. The van der Waals surface area contributed by atoms with E-state index >= 15 is 0 Å². The second-order valence-electron chi connectivity index (χ2n) is 6.60. The van der Waals surface area contributed by atoms with Crippen molar-refractivity contribution in [3.8, 4) is 6.07 Å². The molecule has 1 aromatic carbocycles. The summed E-state index contributed by atoms with van der Waals surface area (Å²) < 4.78 is 12.5. The first-order valence-corrected chi connectivity index (χ1v) is 8.50. The van der Waals surface area contributed by atoms with E-state index in [1.54, 1.807) is 0 Å². The Morgan fingerprint density at radius 1 is 1.20 bits per heavy atom. The van der Waals surface area contributed by atoms with E-state index in [9.17, 15) is 9.47 Å². The zero-order valence-electron chi connectivity index (χ0n) is 12.5. The van der Waals surface area contributed by atoms with Crippen LogP contribution in [0.2, 0.25) is 0 Å². The lowest BCUT2D eigenvalue weighted by Crippen LogP contribution is -2.39. The maximum Gasteiger partial charge on any atom is 0.0668 e. The summed E-state index contributed by atoms with van der Waals surface area (Å²) in [7, 11) is -0.971. The zero-order chi connectivity index (χ0) is 14.8. The van der Waals surface area contributed by atoms with Crippen LogP contribution in [0, 0.1) is 17.2 Å². The van der Waals surface area contributed by atoms with Crippen molar-refractivity contribution in [1.29, 1.82) is 5.26 Å². The van der Waals surface area contributed by atoms with Crippen LogP contribution in [0.15, 0.2) is 30.3 Å². The van der Waals surface area contributed by atoms with E-state index in [0.717, 1.165) is 19.3 Å². The van der Waals surface area contributed by atoms with Crippen molar-refractivity contribution in [3.63, 3.8) is 0 Å². The van der Waals surface area contributed by atoms with Gasteiger partial charge in [-0.2, -0.15) is 5.26 Å². The van der Waals surface area contributed by atoms with Gasteiger partial charge in [0.2, 0.25) is 0 Å². The summed E-state index contributed by atoms with van der Waals surface area (Å²) in [5.41, 5.74) is 1.32. The second kappa shape index (κ2) is 6.10. The van der Waals surface area contributed by atoms with Crippen LogP contribution in [0.5, 0.6) is 0 Å². The van der Waals surface area contributed by atoms with E-state index in [0.29, 0.717) is 5.92 Å². The molecule has 0 amide bonds. The molecular formula is C17H23NOS. The molecule has 3 heteroatoms. The van der Waals surface area contributed by atoms with Crippen molar-refractivity contribution in [2.75, 3.05) is 0 Å². The molecule has 0 aliphatic heterocycles. The summed E-state index contributed by atoms with van der Waals surface area (Å²) in [6.07, 6.45) is 2.76. The van der Waals surface area contributed by atoms with E-state index in [1.807, 2.05) is 26.8 Å². The molecule has 0 radical (unpaired) electrons. The summed E-state index contributed by atoms with van der Waals surface area (Å²) in [5.74, 6) is 0.382. The Kier molecular flexibility index (Phi) is 4.65. The van der Waals surface area contributed by atoms with E-state index in [2.05, 4.69) is 30.3 Å². The monoisotopic (exact) mass is 289 g/mol. The second-order valence-corrected chi connectivity index (χ2v) is 9.03. The van der Waals surface area contributed by atoms with Gasteiger partial charge in [-0.15, -0.1) is 0 Å². The summed E-state index contributed by atoms with van der Waals surface area (Å²) in [4.78, 5) is 0. The molecule has 1 aliphatic carbocycles. The number of rotatable bonds is 2. The van der Waals surface area contributed by atoms with Crippen LogP contribution in [0.1, 0.15) is 51.5 Å². The summed E-state index contributed by atoms with van der Waals surface area (Å²) in [6, 6.07) is 12.8. The molecule has 1 aromatic rings. The number of nitriles is 1. The lowest BCUT2D eigenvalue weighted by molar-refractivity contribution is 0.384. The molecule has 0 spiro atoms. The van der Waals surface area contributed by atoms with Crippen LogP contribution in [0.4, 0.5) is 0 Å². The summed E-state index contributed by atoms with van der Waals surface area (Å²) in [6.45, 7) is 6.01. The highest BCUT2D eigenvalue weighted by Gasteiger charge is 2.39. The number of benzene rings is 1. The van der Waals surface area contributed by atoms with Crippen molar-refractivity contribution >= 4 is 10.8 Å². The first-order valence-electron chi connectivity index (χ1n) is 7.28. The van der Waals surface area contributed by atoms with E-state index < -0.39 is 10.8 Å². The lowest BCUT2D eigenvalue weighted by Gasteiger charge is -2.36. The molecule has 1 fully saturated rings. The summed E-state index contributed by atoms with van der Waals surface area (Å²) >= 11 is 0. The van der Waals surface area contributed by atoms with Gasteiger partial charge in [-0.25, -0.2) is 0 Å². The zero-order valence-corrected chi connectivity index (χ0v) is 13.3. The molecule has 4 unspecified atom stereocenters. The third-order valence-electron chi connectivity index (χ3n) is 4.11. The van der Waals surface area contributed by atoms with Gasteiger partial charge in [0.15, 0.2) is 0 Å². The quantitative estimate of drug-likeness (QED) is 0.825. The third kappa shape index (κ3) is 3.30. The van der Waals surface area contributed by atoms with Gasteiger partial charge in [0.1, 0.15) is 0 Å².